The van der Waals surface area contributed by atoms with Crippen LogP contribution in [0.4, 0.5) is 0 Å². The number of fused-ring (bicyclic) bond motifs is 3. The van der Waals surface area contributed by atoms with Crippen LogP contribution in [0.5, 0.6) is 5.75 Å². The summed E-state index contributed by atoms with van der Waals surface area (Å²) in [5.74, 6) is -0.867. The van der Waals surface area contributed by atoms with Gasteiger partial charge >= 0.3 is 5.97 Å². The Balaban J connectivity index is 2.28. The average molecular weight is 340 g/mol. The molecule has 0 saturated carbocycles. The lowest BCUT2D eigenvalue weighted by Crippen LogP contribution is -2.08. The van der Waals surface area contributed by atoms with Crippen molar-refractivity contribution < 1.29 is 19.4 Å². The molecule has 2 aromatic rings. The molecule has 0 fully saturated rings. The Kier molecular flexibility index (Phi) is 2.87. The number of halogens is 1. The third-order valence-electron chi connectivity index (χ3n) is 2.62. The minimum Gasteiger partial charge on any atom is -0.485 e. The van der Waals surface area contributed by atoms with E-state index in [2.05, 4.69) is 20.9 Å². The molecule has 0 unspecified atom stereocenters. The number of carbonyl (C=O) groups excluding carboxylic acids is 1. The smallest absolute Gasteiger partial charge is 0.365 e. The molecule has 0 radical (unpaired) electrons. The molecule has 1 aromatic carbocycles. The summed E-state index contributed by atoms with van der Waals surface area (Å²) < 4.78 is 6.21. The van der Waals surface area contributed by atoms with Crippen LogP contribution >= 0.6 is 27.3 Å². The number of ether oxygens (including phenoxy) is 1. The summed E-state index contributed by atoms with van der Waals surface area (Å²) in [6.07, 6.45) is 0. The first-order chi connectivity index (χ1) is 9.06. The number of hydrogen-bond acceptors (Lipinski definition) is 5. The van der Waals surface area contributed by atoms with Gasteiger partial charge in [-0.1, -0.05) is 15.9 Å². The zero-order chi connectivity index (χ0) is 13.6. The second kappa shape index (κ2) is 4.43. The van der Waals surface area contributed by atoms with Gasteiger partial charge in [-0.15, -0.1) is 11.3 Å². The third kappa shape index (κ3) is 2.04. The molecule has 0 bridgehead atoms. The largest absolute Gasteiger partial charge is 0.485 e. The van der Waals surface area contributed by atoms with Crippen molar-refractivity contribution >= 4 is 39.0 Å². The topological polar surface area (TPSA) is 76.5 Å². The second-order valence-electron chi connectivity index (χ2n) is 3.85. The molecule has 1 aliphatic rings. The Bertz CT molecular complexity index is 710. The summed E-state index contributed by atoms with van der Waals surface area (Å²) in [7, 11) is 0. The number of aromatic nitrogens is 1. The van der Waals surface area contributed by atoms with Crippen LogP contribution < -0.4 is 4.74 Å². The van der Waals surface area contributed by atoms with E-state index in [1.165, 1.54) is 0 Å². The van der Waals surface area contributed by atoms with Gasteiger partial charge in [0, 0.05) is 10.0 Å². The number of thiazole rings is 1. The molecule has 0 aliphatic carbocycles. The SMILES string of the molecule is O=C(O)c1nc2c(s1)C(=O)COc1ccc(Br)cc1-2. The number of benzene rings is 1. The molecular weight excluding hydrogens is 334 g/mol. The Labute approximate surface area is 120 Å². The number of carboxylic acid groups (broad SMARTS) is 1. The van der Waals surface area contributed by atoms with E-state index in [9.17, 15) is 9.59 Å². The van der Waals surface area contributed by atoms with Crippen molar-refractivity contribution in [1.82, 2.24) is 4.98 Å². The Morgan fingerprint density at radius 1 is 1.47 bits per heavy atom. The monoisotopic (exact) mass is 339 g/mol. The van der Waals surface area contributed by atoms with Crippen LogP contribution in [0.2, 0.25) is 0 Å². The second-order valence-corrected chi connectivity index (χ2v) is 5.77. The van der Waals surface area contributed by atoms with E-state index in [0.29, 0.717) is 21.9 Å². The molecule has 0 amide bonds. The van der Waals surface area contributed by atoms with Crippen molar-refractivity contribution in [1.29, 1.82) is 0 Å². The van der Waals surface area contributed by atoms with Gasteiger partial charge in [0.2, 0.25) is 10.8 Å². The fourth-order valence-corrected chi connectivity index (χ4v) is 3.01. The highest BCUT2D eigenvalue weighted by Crippen LogP contribution is 2.38. The molecule has 7 heteroatoms. The first kappa shape index (κ1) is 12.3. The van der Waals surface area contributed by atoms with Gasteiger partial charge in [0.25, 0.3) is 0 Å². The third-order valence-corrected chi connectivity index (χ3v) is 4.20. The minimum absolute atomic E-state index is 0.0915. The molecule has 5 nitrogen and oxygen atoms in total. The molecule has 19 heavy (non-hydrogen) atoms. The van der Waals surface area contributed by atoms with Gasteiger partial charge in [-0.3, -0.25) is 4.79 Å². The van der Waals surface area contributed by atoms with Crippen LogP contribution in [0.1, 0.15) is 19.5 Å². The maximum absolute atomic E-state index is 11.9. The molecule has 2 heterocycles. The quantitative estimate of drug-likeness (QED) is 0.864. The lowest BCUT2D eigenvalue weighted by molar-refractivity contribution is 0.0696. The highest BCUT2D eigenvalue weighted by Gasteiger charge is 2.27. The van der Waals surface area contributed by atoms with Crippen LogP contribution in [0, 0.1) is 0 Å². The fraction of sp³-hybridized carbons (Fsp3) is 0.0833. The molecule has 1 aliphatic heterocycles. The molecular formula is C12H6BrNO4S. The number of rotatable bonds is 1. The van der Waals surface area contributed by atoms with Crippen LogP contribution in [0.25, 0.3) is 11.3 Å². The highest BCUT2D eigenvalue weighted by atomic mass is 79.9. The van der Waals surface area contributed by atoms with Gasteiger partial charge in [-0.2, -0.15) is 0 Å². The van der Waals surface area contributed by atoms with Crippen molar-refractivity contribution in [2.75, 3.05) is 6.61 Å². The Morgan fingerprint density at radius 2 is 2.26 bits per heavy atom. The van der Waals surface area contributed by atoms with E-state index in [0.717, 1.165) is 15.8 Å². The van der Waals surface area contributed by atoms with E-state index in [1.807, 2.05) is 0 Å². The number of hydrogen-bond donors (Lipinski definition) is 1. The van der Waals surface area contributed by atoms with Gasteiger partial charge < -0.3 is 9.84 Å². The summed E-state index contributed by atoms with van der Waals surface area (Å²) in [6.45, 7) is -0.108. The number of nitrogens with zero attached hydrogens (tertiary/aromatic N) is 1. The van der Waals surface area contributed by atoms with Gasteiger partial charge in [0.05, 0.1) is 5.69 Å². The molecule has 0 spiro atoms. The van der Waals surface area contributed by atoms with Crippen LogP contribution in [0.15, 0.2) is 22.7 Å². The number of carbonyl (C=O) groups is 2. The van der Waals surface area contributed by atoms with Gasteiger partial charge in [0.15, 0.2) is 6.61 Å². The van der Waals surface area contributed by atoms with Crippen molar-refractivity contribution in [2.45, 2.75) is 0 Å². The van der Waals surface area contributed by atoms with E-state index in [4.69, 9.17) is 9.84 Å². The van der Waals surface area contributed by atoms with Gasteiger partial charge in [-0.25, -0.2) is 9.78 Å². The maximum atomic E-state index is 11.9. The maximum Gasteiger partial charge on any atom is 0.365 e. The van der Waals surface area contributed by atoms with E-state index in [1.54, 1.807) is 18.2 Å². The molecule has 0 saturated heterocycles. The average Bonchev–Trinajstić information content (AvgIpc) is 2.77. The Hall–Kier alpha value is -1.73. The highest BCUT2D eigenvalue weighted by molar-refractivity contribution is 9.10. The van der Waals surface area contributed by atoms with Crippen molar-refractivity contribution in [3.63, 3.8) is 0 Å². The van der Waals surface area contributed by atoms with Gasteiger partial charge in [0.1, 0.15) is 10.6 Å². The van der Waals surface area contributed by atoms with E-state index >= 15 is 0 Å². The number of carboxylic acids is 1. The molecule has 1 aromatic heterocycles. The minimum atomic E-state index is -1.14. The first-order valence-corrected chi connectivity index (χ1v) is 6.87. The van der Waals surface area contributed by atoms with Crippen molar-refractivity contribution in [3.05, 3.63) is 32.6 Å². The summed E-state index contributed by atoms with van der Waals surface area (Å²) in [5.41, 5.74) is 1.00. The zero-order valence-corrected chi connectivity index (χ0v) is 11.7. The lowest BCUT2D eigenvalue weighted by atomic mass is 10.1. The van der Waals surface area contributed by atoms with Crippen molar-refractivity contribution in [3.8, 4) is 17.0 Å². The van der Waals surface area contributed by atoms with Crippen molar-refractivity contribution in [2.24, 2.45) is 0 Å². The van der Waals surface area contributed by atoms with Crippen LogP contribution in [-0.4, -0.2) is 28.4 Å². The molecule has 0 atom stereocenters. The normalized spacial score (nSPS) is 13.2. The summed E-state index contributed by atoms with van der Waals surface area (Å²) in [5, 5.41) is 8.90. The molecule has 1 N–H and O–H groups in total. The van der Waals surface area contributed by atoms with E-state index in [-0.39, 0.29) is 17.4 Å². The fourth-order valence-electron chi connectivity index (χ4n) is 1.81. The van der Waals surface area contributed by atoms with Gasteiger partial charge in [-0.05, 0) is 18.2 Å². The molecule has 96 valence electrons. The summed E-state index contributed by atoms with van der Waals surface area (Å²) in [4.78, 5) is 27.3. The van der Waals surface area contributed by atoms with Crippen LogP contribution in [-0.2, 0) is 0 Å². The number of ketones is 1. The Morgan fingerprint density at radius 3 is 3.00 bits per heavy atom. The first-order valence-electron chi connectivity index (χ1n) is 5.26. The number of aromatic carboxylic acids is 1. The predicted molar refractivity (Wildman–Crippen MR) is 72.0 cm³/mol. The zero-order valence-electron chi connectivity index (χ0n) is 9.34. The summed E-state index contributed by atoms with van der Waals surface area (Å²) in [6, 6.07) is 5.28. The lowest BCUT2D eigenvalue weighted by Gasteiger charge is -2.06. The van der Waals surface area contributed by atoms with Crippen LogP contribution in [0.3, 0.4) is 0 Å². The molecule has 3 rings (SSSR count). The predicted octanol–water partition coefficient (Wildman–Crippen LogP) is 2.85. The number of Topliss-reactive ketones (excluding diaryl/α,β-unsaturated/α-hetero) is 1. The summed E-state index contributed by atoms with van der Waals surface area (Å²) >= 11 is 4.22. The standard InChI is InChI=1S/C12H6BrNO4S/c13-5-1-2-8-6(3-5)9-10(7(15)4-18-8)19-11(14-9)12(16)17/h1-3H,4H2,(H,16,17). The van der Waals surface area contributed by atoms with E-state index < -0.39 is 5.97 Å².